The summed E-state index contributed by atoms with van der Waals surface area (Å²) < 4.78 is 18.8. The fourth-order valence-electron chi connectivity index (χ4n) is 2.27. The van der Waals surface area contributed by atoms with Gasteiger partial charge in [-0.2, -0.15) is 0 Å². The highest BCUT2D eigenvalue weighted by atomic mass is 32.2. The first kappa shape index (κ1) is 15.6. The van der Waals surface area contributed by atoms with Gasteiger partial charge in [0.25, 0.3) is 5.91 Å². The molecule has 2 aliphatic rings. The van der Waals surface area contributed by atoms with Gasteiger partial charge in [-0.05, 0) is 23.8 Å². The normalized spacial score (nSPS) is 21.9. The smallest absolute Gasteiger partial charge is 0.267 e. The van der Waals surface area contributed by atoms with Crippen LogP contribution in [0.5, 0.6) is 0 Å². The zero-order valence-electron chi connectivity index (χ0n) is 11.8. The van der Waals surface area contributed by atoms with Gasteiger partial charge in [-0.25, -0.2) is 4.39 Å². The number of morpholine rings is 1. The number of amides is 1. The van der Waals surface area contributed by atoms with Gasteiger partial charge in [0.15, 0.2) is 0 Å². The van der Waals surface area contributed by atoms with E-state index in [-0.39, 0.29) is 11.7 Å². The molecule has 0 N–H and O–H groups in total. The van der Waals surface area contributed by atoms with E-state index >= 15 is 0 Å². The summed E-state index contributed by atoms with van der Waals surface area (Å²) in [5, 5.41) is 0. The van der Waals surface area contributed by atoms with E-state index in [9.17, 15) is 9.18 Å². The van der Waals surface area contributed by atoms with Crippen molar-refractivity contribution in [3.63, 3.8) is 0 Å². The van der Waals surface area contributed by atoms with Crippen molar-refractivity contribution in [1.29, 1.82) is 0 Å². The lowest BCUT2D eigenvalue weighted by atomic mass is 10.2. The quantitative estimate of drug-likeness (QED) is 0.624. The number of thiocarbonyl (C=S) groups is 1. The van der Waals surface area contributed by atoms with Gasteiger partial charge >= 0.3 is 0 Å². The average Bonchev–Trinajstić information content (AvgIpc) is 2.78. The Kier molecular flexibility index (Phi) is 4.87. The summed E-state index contributed by atoms with van der Waals surface area (Å²) in [6.07, 6.45) is 1.75. The molecule has 0 unspecified atom stereocenters. The Morgan fingerprint density at radius 3 is 2.64 bits per heavy atom. The van der Waals surface area contributed by atoms with Crippen molar-refractivity contribution in [2.45, 2.75) is 0 Å². The number of rotatable bonds is 3. The number of carbonyl (C=O) groups is 1. The number of nitrogens with zero attached hydrogens (tertiary/aromatic N) is 2. The Labute approximate surface area is 137 Å². The number of halogens is 1. The van der Waals surface area contributed by atoms with Crippen LogP contribution in [0.4, 0.5) is 4.39 Å². The van der Waals surface area contributed by atoms with Gasteiger partial charge in [-0.3, -0.25) is 14.6 Å². The van der Waals surface area contributed by atoms with Crippen molar-refractivity contribution in [2.24, 2.45) is 0 Å². The van der Waals surface area contributed by atoms with Crippen molar-refractivity contribution in [3.8, 4) is 0 Å². The van der Waals surface area contributed by atoms with E-state index in [0.717, 1.165) is 18.7 Å². The largest absolute Gasteiger partial charge is 0.379 e. The SMILES string of the molecule is O=C1/C(=C\c2ccc(F)cc2)SC(=S)N1CN1CCOCC1. The summed E-state index contributed by atoms with van der Waals surface area (Å²) in [5.41, 5.74) is 0.785. The summed E-state index contributed by atoms with van der Waals surface area (Å²) >= 11 is 6.60. The summed E-state index contributed by atoms with van der Waals surface area (Å²) in [5.74, 6) is -0.386. The van der Waals surface area contributed by atoms with Crippen molar-refractivity contribution >= 4 is 40.3 Å². The standard InChI is InChI=1S/C15H15FN2O2S2/c16-12-3-1-11(2-4-12)9-13-14(19)18(15(21)22-13)10-17-5-7-20-8-6-17/h1-4,9H,5-8,10H2/b13-9+. The summed E-state index contributed by atoms with van der Waals surface area (Å²) in [4.78, 5) is 16.8. The third-order valence-electron chi connectivity index (χ3n) is 3.49. The lowest BCUT2D eigenvalue weighted by Crippen LogP contribution is -2.45. The lowest BCUT2D eigenvalue weighted by Gasteiger charge is -2.29. The Bertz CT molecular complexity index is 612. The molecule has 2 aliphatic heterocycles. The van der Waals surface area contributed by atoms with E-state index in [4.69, 9.17) is 17.0 Å². The maximum absolute atomic E-state index is 12.9. The van der Waals surface area contributed by atoms with Crippen LogP contribution in [0.3, 0.4) is 0 Å². The first-order chi connectivity index (χ1) is 10.6. The lowest BCUT2D eigenvalue weighted by molar-refractivity contribution is -0.124. The summed E-state index contributed by atoms with van der Waals surface area (Å²) in [7, 11) is 0. The van der Waals surface area contributed by atoms with Gasteiger partial charge < -0.3 is 4.74 Å². The molecule has 0 saturated carbocycles. The van der Waals surface area contributed by atoms with E-state index in [1.165, 1.54) is 23.9 Å². The first-order valence-electron chi connectivity index (χ1n) is 6.94. The van der Waals surface area contributed by atoms with Crippen LogP contribution in [0.1, 0.15) is 5.56 Å². The van der Waals surface area contributed by atoms with Gasteiger partial charge in [-0.1, -0.05) is 36.1 Å². The zero-order chi connectivity index (χ0) is 15.5. The molecule has 0 atom stereocenters. The highest BCUT2D eigenvalue weighted by molar-refractivity contribution is 8.26. The monoisotopic (exact) mass is 338 g/mol. The van der Waals surface area contributed by atoms with Gasteiger partial charge in [-0.15, -0.1) is 0 Å². The van der Waals surface area contributed by atoms with Gasteiger partial charge in [0.1, 0.15) is 10.1 Å². The van der Waals surface area contributed by atoms with E-state index in [1.54, 1.807) is 23.1 Å². The zero-order valence-corrected chi connectivity index (χ0v) is 13.5. The second-order valence-corrected chi connectivity index (χ2v) is 6.71. The molecule has 1 aromatic rings. The third kappa shape index (κ3) is 3.55. The maximum Gasteiger partial charge on any atom is 0.267 e. The molecule has 0 aromatic heterocycles. The molecule has 0 radical (unpaired) electrons. The van der Waals surface area contributed by atoms with E-state index in [1.807, 2.05) is 0 Å². The molecule has 0 aliphatic carbocycles. The molecule has 7 heteroatoms. The second-order valence-electron chi connectivity index (χ2n) is 5.03. The maximum atomic E-state index is 12.9. The second kappa shape index (κ2) is 6.87. The molecule has 116 valence electrons. The highest BCUT2D eigenvalue weighted by Crippen LogP contribution is 2.32. The third-order valence-corrected chi connectivity index (χ3v) is 4.86. The minimum absolute atomic E-state index is 0.0918. The van der Waals surface area contributed by atoms with Crippen molar-refractivity contribution in [3.05, 3.63) is 40.6 Å². The number of ether oxygens (including phenoxy) is 1. The van der Waals surface area contributed by atoms with Crippen LogP contribution in [0.2, 0.25) is 0 Å². The molecule has 0 spiro atoms. The Morgan fingerprint density at radius 2 is 1.95 bits per heavy atom. The Morgan fingerprint density at radius 1 is 1.27 bits per heavy atom. The van der Waals surface area contributed by atoms with E-state index in [2.05, 4.69) is 4.90 Å². The molecular weight excluding hydrogens is 323 g/mol. The molecule has 4 nitrogen and oxygen atoms in total. The summed E-state index contributed by atoms with van der Waals surface area (Å²) in [6, 6.07) is 6.04. The van der Waals surface area contributed by atoms with Crippen LogP contribution in [0, 0.1) is 5.82 Å². The topological polar surface area (TPSA) is 32.8 Å². The van der Waals surface area contributed by atoms with Crippen LogP contribution in [0.25, 0.3) is 6.08 Å². The van der Waals surface area contributed by atoms with Crippen LogP contribution >= 0.6 is 24.0 Å². The Balaban J connectivity index is 1.71. The first-order valence-corrected chi connectivity index (χ1v) is 8.17. The minimum atomic E-state index is -0.294. The minimum Gasteiger partial charge on any atom is -0.379 e. The average molecular weight is 338 g/mol. The predicted molar refractivity (Wildman–Crippen MR) is 88.7 cm³/mol. The van der Waals surface area contributed by atoms with Crippen LogP contribution in [0.15, 0.2) is 29.2 Å². The molecule has 1 aromatic carbocycles. The number of thioether (sulfide) groups is 1. The van der Waals surface area contributed by atoms with Crippen LogP contribution in [-0.4, -0.2) is 53.0 Å². The van der Waals surface area contributed by atoms with Crippen molar-refractivity contribution < 1.29 is 13.9 Å². The fourth-order valence-corrected chi connectivity index (χ4v) is 3.52. The molecule has 2 saturated heterocycles. The number of benzene rings is 1. The molecular formula is C15H15FN2O2S2. The summed E-state index contributed by atoms with van der Waals surface area (Å²) in [6.45, 7) is 3.46. The van der Waals surface area contributed by atoms with Crippen molar-refractivity contribution in [1.82, 2.24) is 9.80 Å². The van der Waals surface area contributed by atoms with Gasteiger partial charge in [0.2, 0.25) is 0 Å². The van der Waals surface area contributed by atoms with Gasteiger partial charge in [0.05, 0.1) is 24.8 Å². The number of hydrogen-bond donors (Lipinski definition) is 0. The van der Waals surface area contributed by atoms with E-state index in [0.29, 0.717) is 29.1 Å². The molecule has 1 amide bonds. The highest BCUT2D eigenvalue weighted by Gasteiger charge is 2.33. The number of hydrogen-bond acceptors (Lipinski definition) is 5. The fraction of sp³-hybridized carbons (Fsp3) is 0.333. The molecule has 2 fully saturated rings. The predicted octanol–water partition coefficient (Wildman–Crippen LogP) is 2.32. The molecule has 22 heavy (non-hydrogen) atoms. The van der Waals surface area contributed by atoms with Crippen LogP contribution < -0.4 is 0 Å². The van der Waals surface area contributed by atoms with E-state index < -0.39 is 0 Å². The molecule has 3 rings (SSSR count). The number of carbonyl (C=O) groups excluding carboxylic acids is 1. The van der Waals surface area contributed by atoms with Crippen molar-refractivity contribution in [2.75, 3.05) is 33.0 Å². The van der Waals surface area contributed by atoms with Crippen LogP contribution in [-0.2, 0) is 9.53 Å². The van der Waals surface area contributed by atoms with Gasteiger partial charge in [0, 0.05) is 13.1 Å². The Hall–Kier alpha value is -1.28. The molecule has 2 heterocycles. The molecule has 0 bridgehead atoms.